The molecule has 1 fully saturated rings. The maximum atomic E-state index is 11.1. The third-order valence-corrected chi connectivity index (χ3v) is 4.33. The average Bonchev–Trinajstić information content (AvgIpc) is 2.56. The number of rotatable bonds is 4. The van der Waals surface area contributed by atoms with E-state index in [1.807, 2.05) is 19.1 Å². The third kappa shape index (κ3) is 4.03. The molecule has 1 aliphatic rings. The Morgan fingerprint density at radius 2 is 1.84 bits per heavy atom. The monoisotopic (exact) mass is 342 g/mol. The van der Waals surface area contributed by atoms with E-state index in [-0.39, 0.29) is 10.6 Å². The number of piperazine rings is 1. The van der Waals surface area contributed by atoms with Gasteiger partial charge in [-0.15, -0.1) is 0 Å². The second-order valence-corrected chi connectivity index (χ2v) is 6.33. The molecular formula is C17H22N6O2. The molecule has 1 N–H and O–H groups in total. The minimum Gasteiger partial charge on any atom is -0.354 e. The van der Waals surface area contributed by atoms with Crippen molar-refractivity contribution in [3.05, 3.63) is 45.8 Å². The highest BCUT2D eigenvalue weighted by Crippen LogP contribution is 2.26. The van der Waals surface area contributed by atoms with Gasteiger partial charge >= 0.3 is 0 Å². The number of benzene rings is 1. The van der Waals surface area contributed by atoms with Crippen molar-refractivity contribution >= 4 is 23.0 Å². The summed E-state index contributed by atoms with van der Waals surface area (Å²) < 4.78 is 0. The Balaban J connectivity index is 1.83. The van der Waals surface area contributed by atoms with Gasteiger partial charge in [0.05, 0.1) is 4.92 Å². The maximum absolute atomic E-state index is 11.1. The van der Waals surface area contributed by atoms with E-state index in [9.17, 15) is 10.1 Å². The van der Waals surface area contributed by atoms with Gasteiger partial charge in [0.1, 0.15) is 17.5 Å². The summed E-state index contributed by atoms with van der Waals surface area (Å²) in [7, 11) is 2.11. The van der Waals surface area contributed by atoms with Gasteiger partial charge in [-0.1, -0.05) is 6.07 Å². The Hall–Kier alpha value is -2.74. The summed E-state index contributed by atoms with van der Waals surface area (Å²) in [6, 6.07) is 6.97. The molecule has 8 heteroatoms. The number of nitrogens with zero attached hydrogens (tertiary/aromatic N) is 5. The molecule has 0 atom stereocenters. The topological polar surface area (TPSA) is 87.4 Å². The Morgan fingerprint density at radius 3 is 2.52 bits per heavy atom. The molecule has 0 saturated carbocycles. The number of nitro benzene ring substituents is 1. The molecule has 25 heavy (non-hydrogen) atoms. The molecule has 2 aromatic rings. The van der Waals surface area contributed by atoms with Crippen LogP contribution in [-0.2, 0) is 0 Å². The van der Waals surface area contributed by atoms with Gasteiger partial charge in [0, 0.05) is 49.6 Å². The number of nitrogens with one attached hydrogen (secondary N) is 1. The molecule has 1 saturated heterocycles. The van der Waals surface area contributed by atoms with Crippen molar-refractivity contribution in [1.82, 2.24) is 14.9 Å². The number of likely N-dealkylation sites (N-methyl/N-ethyl adjacent to an activating group) is 1. The van der Waals surface area contributed by atoms with Crippen molar-refractivity contribution in [3.8, 4) is 0 Å². The van der Waals surface area contributed by atoms with Crippen LogP contribution >= 0.6 is 0 Å². The molecule has 0 unspecified atom stereocenters. The number of hydrogen-bond donors (Lipinski definition) is 1. The van der Waals surface area contributed by atoms with Crippen LogP contribution in [0.3, 0.4) is 0 Å². The second-order valence-electron chi connectivity index (χ2n) is 6.33. The van der Waals surface area contributed by atoms with Gasteiger partial charge in [-0.05, 0) is 27.0 Å². The molecule has 0 amide bonds. The Labute approximate surface area is 146 Å². The molecule has 1 aliphatic heterocycles. The Morgan fingerprint density at radius 1 is 1.12 bits per heavy atom. The quantitative estimate of drug-likeness (QED) is 0.674. The van der Waals surface area contributed by atoms with E-state index in [0.29, 0.717) is 22.9 Å². The summed E-state index contributed by atoms with van der Waals surface area (Å²) in [5.41, 5.74) is 1.36. The van der Waals surface area contributed by atoms with Gasteiger partial charge in [0.15, 0.2) is 0 Å². The van der Waals surface area contributed by atoms with Crippen LogP contribution in [0, 0.1) is 24.0 Å². The number of aromatic nitrogens is 2. The van der Waals surface area contributed by atoms with Crippen LogP contribution in [0.2, 0.25) is 0 Å². The van der Waals surface area contributed by atoms with Crippen LogP contribution in [0.4, 0.5) is 23.0 Å². The number of aryl methyl sites for hydroxylation is 2. The normalized spacial score (nSPS) is 15.2. The van der Waals surface area contributed by atoms with E-state index < -0.39 is 0 Å². The van der Waals surface area contributed by atoms with Crippen LogP contribution in [0.15, 0.2) is 24.3 Å². The van der Waals surface area contributed by atoms with Gasteiger partial charge in [0.25, 0.3) is 5.69 Å². The zero-order valence-electron chi connectivity index (χ0n) is 14.7. The standard InChI is InChI=1S/C17H22N6O2/c1-12-4-5-14(10-15(12)23(24)25)20-16-11-17(19-13(2)18-16)22-8-6-21(3)7-9-22/h4-5,10-11H,6-9H2,1-3H3,(H,18,19,20). The van der Waals surface area contributed by atoms with Gasteiger partial charge in [-0.3, -0.25) is 10.1 Å². The first kappa shape index (κ1) is 17.1. The third-order valence-electron chi connectivity index (χ3n) is 4.33. The molecule has 3 rings (SSSR count). The summed E-state index contributed by atoms with van der Waals surface area (Å²) in [6.45, 7) is 7.40. The lowest BCUT2D eigenvalue weighted by atomic mass is 10.2. The minimum absolute atomic E-state index is 0.0927. The Kier molecular flexibility index (Phi) is 4.80. The first-order valence-electron chi connectivity index (χ1n) is 8.23. The molecule has 8 nitrogen and oxygen atoms in total. The van der Waals surface area contributed by atoms with Crippen LogP contribution in [-0.4, -0.2) is 53.0 Å². The molecule has 132 valence electrons. The van der Waals surface area contributed by atoms with Crippen LogP contribution in [0.1, 0.15) is 11.4 Å². The molecule has 1 aromatic carbocycles. The van der Waals surface area contributed by atoms with E-state index in [1.165, 1.54) is 6.07 Å². The molecular weight excluding hydrogens is 320 g/mol. The van der Waals surface area contributed by atoms with E-state index in [4.69, 9.17) is 0 Å². The maximum Gasteiger partial charge on any atom is 0.274 e. The molecule has 0 radical (unpaired) electrons. The van der Waals surface area contributed by atoms with Crippen molar-refractivity contribution < 1.29 is 4.92 Å². The van der Waals surface area contributed by atoms with E-state index >= 15 is 0 Å². The van der Waals surface area contributed by atoms with Gasteiger partial charge in [-0.2, -0.15) is 0 Å². The predicted molar refractivity (Wildman–Crippen MR) is 97.6 cm³/mol. The van der Waals surface area contributed by atoms with E-state index in [0.717, 1.165) is 32.0 Å². The molecule has 0 bridgehead atoms. The predicted octanol–water partition coefficient (Wildman–Crippen LogP) is 2.50. The fourth-order valence-corrected chi connectivity index (χ4v) is 2.85. The largest absolute Gasteiger partial charge is 0.354 e. The van der Waals surface area contributed by atoms with Crippen molar-refractivity contribution in [1.29, 1.82) is 0 Å². The van der Waals surface area contributed by atoms with Crippen molar-refractivity contribution in [2.75, 3.05) is 43.4 Å². The molecule has 2 heterocycles. The lowest BCUT2D eigenvalue weighted by Crippen LogP contribution is -2.44. The number of anilines is 3. The summed E-state index contributed by atoms with van der Waals surface area (Å²) in [5.74, 6) is 2.19. The molecule has 0 spiro atoms. The van der Waals surface area contributed by atoms with Crippen LogP contribution in [0.25, 0.3) is 0 Å². The Bertz CT molecular complexity index is 787. The summed E-state index contributed by atoms with van der Waals surface area (Å²) in [4.78, 5) is 24.2. The second kappa shape index (κ2) is 7.02. The van der Waals surface area contributed by atoms with E-state index in [1.54, 1.807) is 13.0 Å². The van der Waals surface area contributed by atoms with Gasteiger partial charge < -0.3 is 15.1 Å². The average molecular weight is 342 g/mol. The van der Waals surface area contributed by atoms with Gasteiger partial charge in [-0.25, -0.2) is 9.97 Å². The van der Waals surface area contributed by atoms with Crippen molar-refractivity contribution in [3.63, 3.8) is 0 Å². The molecule has 1 aromatic heterocycles. The zero-order chi connectivity index (χ0) is 18.0. The highest BCUT2D eigenvalue weighted by Gasteiger charge is 2.17. The minimum atomic E-state index is -0.374. The first-order valence-corrected chi connectivity index (χ1v) is 8.23. The van der Waals surface area contributed by atoms with Crippen molar-refractivity contribution in [2.45, 2.75) is 13.8 Å². The van der Waals surface area contributed by atoms with E-state index in [2.05, 4.69) is 32.1 Å². The fraction of sp³-hybridized carbons (Fsp3) is 0.412. The lowest BCUT2D eigenvalue weighted by molar-refractivity contribution is -0.385. The fourth-order valence-electron chi connectivity index (χ4n) is 2.85. The number of hydrogen-bond acceptors (Lipinski definition) is 7. The smallest absolute Gasteiger partial charge is 0.274 e. The SMILES string of the molecule is Cc1nc(Nc2ccc(C)c([N+](=O)[O-])c2)cc(N2CCN(C)CC2)n1. The van der Waals surface area contributed by atoms with Crippen LogP contribution in [0.5, 0.6) is 0 Å². The zero-order valence-corrected chi connectivity index (χ0v) is 14.7. The highest BCUT2D eigenvalue weighted by molar-refractivity contribution is 5.63. The number of nitro groups is 1. The molecule has 0 aliphatic carbocycles. The summed E-state index contributed by atoms with van der Waals surface area (Å²) >= 11 is 0. The summed E-state index contributed by atoms with van der Waals surface area (Å²) in [5, 5.41) is 14.3. The highest BCUT2D eigenvalue weighted by atomic mass is 16.6. The van der Waals surface area contributed by atoms with Crippen LogP contribution < -0.4 is 10.2 Å². The van der Waals surface area contributed by atoms with Gasteiger partial charge in [0.2, 0.25) is 0 Å². The van der Waals surface area contributed by atoms with Crippen molar-refractivity contribution in [2.24, 2.45) is 0 Å². The lowest BCUT2D eigenvalue weighted by Gasteiger charge is -2.33. The first-order chi connectivity index (χ1) is 11.9. The summed E-state index contributed by atoms with van der Waals surface area (Å²) in [6.07, 6.45) is 0.